The molecule has 1 aliphatic heterocycles. The monoisotopic (exact) mass is 381 g/mol. The minimum Gasteiger partial charge on any atom is -0.484 e. The third-order valence-corrected chi connectivity index (χ3v) is 5.24. The number of benzene rings is 2. The second-order valence-corrected chi connectivity index (χ2v) is 7.07. The summed E-state index contributed by atoms with van der Waals surface area (Å²) >= 11 is 0. The summed E-state index contributed by atoms with van der Waals surface area (Å²) in [6.07, 6.45) is 0. The maximum atomic E-state index is 12.5. The molecule has 7 heteroatoms. The maximum absolute atomic E-state index is 12.5. The van der Waals surface area contributed by atoms with Gasteiger partial charge < -0.3 is 19.0 Å². The Morgan fingerprint density at radius 3 is 2.64 bits per heavy atom. The number of piperazine rings is 1. The van der Waals surface area contributed by atoms with Crippen LogP contribution in [0.2, 0.25) is 0 Å². The van der Waals surface area contributed by atoms with Gasteiger partial charge >= 0.3 is 5.76 Å². The van der Waals surface area contributed by atoms with E-state index in [1.807, 2.05) is 55.1 Å². The quantitative estimate of drug-likeness (QED) is 0.751. The first kappa shape index (κ1) is 18.2. The lowest BCUT2D eigenvalue weighted by Crippen LogP contribution is -2.50. The van der Waals surface area contributed by atoms with Gasteiger partial charge in [-0.25, -0.2) is 4.79 Å². The highest BCUT2D eigenvalue weighted by Gasteiger charge is 2.23. The van der Waals surface area contributed by atoms with Crippen LogP contribution in [0, 0.1) is 13.8 Å². The molecule has 1 aromatic heterocycles. The van der Waals surface area contributed by atoms with E-state index in [-0.39, 0.29) is 12.5 Å². The van der Waals surface area contributed by atoms with Gasteiger partial charge in [-0.2, -0.15) is 0 Å². The van der Waals surface area contributed by atoms with Crippen molar-refractivity contribution < 1.29 is 13.9 Å². The number of fused-ring (bicyclic) bond motifs is 1. The van der Waals surface area contributed by atoms with Gasteiger partial charge in [-0.15, -0.1) is 0 Å². The second kappa shape index (κ2) is 7.42. The Balaban J connectivity index is 1.36. The van der Waals surface area contributed by atoms with Crippen LogP contribution in [0.1, 0.15) is 11.1 Å². The highest BCUT2D eigenvalue weighted by atomic mass is 16.5. The smallest absolute Gasteiger partial charge is 0.417 e. The molecule has 2 heterocycles. The van der Waals surface area contributed by atoms with E-state index in [9.17, 15) is 9.59 Å². The number of para-hydroxylation sites is 1. The zero-order valence-corrected chi connectivity index (χ0v) is 16.0. The molecular formula is C21H23N3O4. The third kappa shape index (κ3) is 3.60. The van der Waals surface area contributed by atoms with Crippen LogP contribution in [-0.4, -0.2) is 48.6 Å². The molecule has 0 spiro atoms. The number of aromatic amines is 1. The Kier molecular flexibility index (Phi) is 4.81. The minimum absolute atomic E-state index is 0.0238. The predicted molar refractivity (Wildman–Crippen MR) is 107 cm³/mol. The van der Waals surface area contributed by atoms with Crippen LogP contribution in [0.4, 0.5) is 5.69 Å². The van der Waals surface area contributed by atoms with Gasteiger partial charge in [0.2, 0.25) is 0 Å². The first-order chi connectivity index (χ1) is 13.5. The Hall–Kier alpha value is -3.22. The Bertz CT molecular complexity index is 1060. The predicted octanol–water partition coefficient (Wildman–Crippen LogP) is 2.47. The van der Waals surface area contributed by atoms with Crippen LogP contribution >= 0.6 is 0 Å². The number of nitrogens with zero attached hydrogens (tertiary/aromatic N) is 2. The molecule has 146 valence electrons. The van der Waals surface area contributed by atoms with E-state index in [4.69, 9.17) is 9.15 Å². The molecule has 28 heavy (non-hydrogen) atoms. The number of carbonyl (C=O) groups excluding carboxylic acids is 1. The van der Waals surface area contributed by atoms with E-state index in [2.05, 4.69) is 9.88 Å². The topological polar surface area (TPSA) is 78.8 Å². The Labute approximate surface area is 162 Å². The lowest BCUT2D eigenvalue weighted by Gasteiger charge is -2.35. The van der Waals surface area contributed by atoms with Crippen molar-refractivity contribution in [1.82, 2.24) is 9.88 Å². The van der Waals surface area contributed by atoms with Crippen LogP contribution in [0.3, 0.4) is 0 Å². The summed E-state index contributed by atoms with van der Waals surface area (Å²) in [5.74, 6) is 0.230. The Morgan fingerprint density at radius 1 is 1.11 bits per heavy atom. The number of hydrogen-bond donors (Lipinski definition) is 1. The average molecular weight is 381 g/mol. The van der Waals surface area contributed by atoms with Crippen molar-refractivity contribution in [3.05, 3.63) is 58.1 Å². The van der Waals surface area contributed by atoms with Gasteiger partial charge in [0.1, 0.15) is 5.75 Å². The van der Waals surface area contributed by atoms with Crippen molar-refractivity contribution in [2.75, 3.05) is 37.7 Å². The van der Waals surface area contributed by atoms with Crippen LogP contribution in [0.15, 0.2) is 45.6 Å². The van der Waals surface area contributed by atoms with Crippen LogP contribution in [0.25, 0.3) is 11.1 Å². The molecule has 4 rings (SSSR count). The fraction of sp³-hybridized carbons (Fsp3) is 0.333. The highest BCUT2D eigenvalue weighted by Crippen LogP contribution is 2.26. The van der Waals surface area contributed by atoms with E-state index in [1.165, 1.54) is 5.56 Å². The normalized spacial score (nSPS) is 14.5. The van der Waals surface area contributed by atoms with Gasteiger partial charge in [0, 0.05) is 26.2 Å². The molecule has 1 amide bonds. The van der Waals surface area contributed by atoms with Gasteiger partial charge in [-0.1, -0.05) is 12.1 Å². The molecule has 0 aliphatic carbocycles. The number of aryl methyl sites for hydroxylation is 2. The highest BCUT2D eigenvalue weighted by molar-refractivity contribution is 5.86. The van der Waals surface area contributed by atoms with E-state index in [0.717, 1.165) is 11.3 Å². The number of aromatic nitrogens is 1. The van der Waals surface area contributed by atoms with Crippen molar-refractivity contribution in [3.8, 4) is 5.75 Å². The van der Waals surface area contributed by atoms with Gasteiger partial charge in [0.15, 0.2) is 12.2 Å². The zero-order chi connectivity index (χ0) is 19.7. The second-order valence-electron chi connectivity index (χ2n) is 7.07. The van der Waals surface area contributed by atoms with E-state index < -0.39 is 5.76 Å². The molecule has 1 N–H and O–H groups in total. The largest absolute Gasteiger partial charge is 0.484 e. The standard InChI is InChI=1S/C21H23N3O4/c1-14-6-7-16(12-15(14)2)27-13-19(25)24-10-8-23(9-11-24)18-5-3-4-17-20(18)28-21(26)22-17/h3-7,12H,8-11,13H2,1-2H3,(H,22,26). The molecule has 0 atom stereocenters. The average Bonchev–Trinajstić information content (AvgIpc) is 3.09. The number of anilines is 1. The summed E-state index contributed by atoms with van der Waals surface area (Å²) in [4.78, 5) is 30.6. The molecule has 0 bridgehead atoms. The summed E-state index contributed by atoms with van der Waals surface area (Å²) in [6.45, 7) is 6.64. The molecule has 0 unspecified atom stereocenters. The van der Waals surface area contributed by atoms with Crippen LogP contribution in [0.5, 0.6) is 5.75 Å². The number of hydrogen-bond acceptors (Lipinski definition) is 5. The van der Waals surface area contributed by atoms with E-state index in [0.29, 0.717) is 43.0 Å². The molecular weight excluding hydrogens is 358 g/mol. The minimum atomic E-state index is -0.459. The molecule has 2 aromatic carbocycles. The fourth-order valence-electron chi connectivity index (χ4n) is 3.44. The zero-order valence-electron chi connectivity index (χ0n) is 16.0. The van der Waals surface area contributed by atoms with E-state index in [1.54, 1.807) is 0 Å². The lowest BCUT2D eigenvalue weighted by atomic mass is 10.1. The molecule has 0 radical (unpaired) electrons. The van der Waals surface area contributed by atoms with Crippen molar-refractivity contribution in [2.45, 2.75) is 13.8 Å². The molecule has 1 aliphatic rings. The summed E-state index contributed by atoms with van der Waals surface area (Å²) in [6, 6.07) is 11.5. The summed E-state index contributed by atoms with van der Waals surface area (Å²) < 4.78 is 10.9. The summed E-state index contributed by atoms with van der Waals surface area (Å²) in [5.41, 5.74) is 4.45. The lowest BCUT2D eigenvalue weighted by molar-refractivity contribution is -0.133. The van der Waals surface area contributed by atoms with Gasteiger partial charge in [0.05, 0.1) is 11.2 Å². The number of amides is 1. The fourth-order valence-corrected chi connectivity index (χ4v) is 3.44. The summed E-state index contributed by atoms with van der Waals surface area (Å²) in [5, 5.41) is 0. The maximum Gasteiger partial charge on any atom is 0.417 e. The number of carbonyl (C=O) groups is 1. The van der Waals surface area contributed by atoms with E-state index >= 15 is 0 Å². The number of oxazole rings is 1. The van der Waals surface area contributed by atoms with Crippen molar-refractivity contribution in [1.29, 1.82) is 0 Å². The molecule has 1 fully saturated rings. The molecule has 7 nitrogen and oxygen atoms in total. The first-order valence-electron chi connectivity index (χ1n) is 9.36. The van der Waals surface area contributed by atoms with Crippen molar-refractivity contribution in [2.24, 2.45) is 0 Å². The van der Waals surface area contributed by atoms with Crippen LogP contribution < -0.4 is 15.4 Å². The van der Waals surface area contributed by atoms with Gasteiger partial charge in [-0.05, 0) is 49.2 Å². The number of rotatable bonds is 4. The first-order valence-corrected chi connectivity index (χ1v) is 9.36. The number of ether oxygens (including phenoxy) is 1. The van der Waals surface area contributed by atoms with Crippen LogP contribution in [-0.2, 0) is 4.79 Å². The van der Waals surface area contributed by atoms with Crippen molar-refractivity contribution >= 4 is 22.7 Å². The molecule has 0 saturated carbocycles. The summed E-state index contributed by atoms with van der Waals surface area (Å²) in [7, 11) is 0. The van der Waals surface area contributed by atoms with Gasteiger partial charge in [0.25, 0.3) is 5.91 Å². The SMILES string of the molecule is Cc1ccc(OCC(=O)N2CCN(c3cccc4[nH]c(=O)oc34)CC2)cc1C. The van der Waals surface area contributed by atoms with Gasteiger partial charge in [-0.3, -0.25) is 9.78 Å². The third-order valence-electron chi connectivity index (χ3n) is 5.24. The molecule has 3 aromatic rings. The number of nitrogens with one attached hydrogen (secondary N) is 1. The Morgan fingerprint density at radius 2 is 1.89 bits per heavy atom. The molecule has 1 saturated heterocycles. The number of H-pyrrole nitrogens is 1. The van der Waals surface area contributed by atoms with Crippen molar-refractivity contribution in [3.63, 3.8) is 0 Å².